The third-order valence-electron chi connectivity index (χ3n) is 3.33. The van der Waals surface area contributed by atoms with Crippen LogP contribution in [0.5, 0.6) is 0 Å². The normalized spacial score (nSPS) is 11.5. The number of benzene rings is 1. The highest BCUT2D eigenvalue weighted by Gasteiger charge is 2.19. The highest BCUT2D eigenvalue weighted by atomic mass is 79.9. The first-order valence-corrected chi connectivity index (χ1v) is 8.41. The molecular formula is C16H17BrN6O2. The van der Waals surface area contributed by atoms with Gasteiger partial charge < -0.3 is 9.84 Å². The van der Waals surface area contributed by atoms with Crippen LogP contribution in [0, 0.1) is 0 Å². The van der Waals surface area contributed by atoms with Crippen molar-refractivity contribution in [3.63, 3.8) is 0 Å². The molecule has 2 aromatic heterocycles. The van der Waals surface area contributed by atoms with Gasteiger partial charge in [0.1, 0.15) is 6.33 Å². The molecule has 8 nitrogen and oxygen atoms in total. The number of carbonyl (C=O) groups is 1. The van der Waals surface area contributed by atoms with Crippen LogP contribution in [-0.4, -0.2) is 30.8 Å². The van der Waals surface area contributed by atoms with E-state index in [1.807, 2.05) is 45.0 Å². The molecule has 0 bridgehead atoms. The van der Waals surface area contributed by atoms with Crippen LogP contribution in [0.15, 0.2) is 39.6 Å². The smallest absolute Gasteiger partial charge is 0.291 e. The van der Waals surface area contributed by atoms with Crippen LogP contribution in [0.1, 0.15) is 37.2 Å². The van der Waals surface area contributed by atoms with E-state index in [1.54, 1.807) is 4.68 Å². The molecule has 0 aliphatic heterocycles. The Hall–Kier alpha value is -2.55. The van der Waals surface area contributed by atoms with Crippen molar-refractivity contribution in [2.45, 2.75) is 32.9 Å². The van der Waals surface area contributed by atoms with Gasteiger partial charge in [-0.2, -0.15) is 4.98 Å². The summed E-state index contributed by atoms with van der Waals surface area (Å²) in [5, 5.41) is 10.7. The first-order valence-electron chi connectivity index (χ1n) is 7.62. The van der Waals surface area contributed by atoms with E-state index in [4.69, 9.17) is 4.52 Å². The van der Waals surface area contributed by atoms with Crippen LogP contribution in [0.3, 0.4) is 0 Å². The van der Waals surface area contributed by atoms with Gasteiger partial charge in [0.2, 0.25) is 5.82 Å². The molecule has 0 saturated heterocycles. The van der Waals surface area contributed by atoms with Gasteiger partial charge in [-0.3, -0.25) is 4.79 Å². The molecule has 0 spiro atoms. The third-order valence-corrected chi connectivity index (χ3v) is 3.82. The molecule has 0 atom stereocenters. The Morgan fingerprint density at radius 3 is 2.84 bits per heavy atom. The summed E-state index contributed by atoms with van der Waals surface area (Å²) in [6.07, 6.45) is 1.54. The lowest BCUT2D eigenvalue weighted by Crippen LogP contribution is -2.26. The molecule has 0 saturated carbocycles. The monoisotopic (exact) mass is 404 g/mol. The third kappa shape index (κ3) is 4.11. The maximum atomic E-state index is 12.1. The Labute approximate surface area is 152 Å². The van der Waals surface area contributed by atoms with Gasteiger partial charge in [0.15, 0.2) is 5.82 Å². The Morgan fingerprint density at radius 1 is 1.36 bits per heavy atom. The van der Waals surface area contributed by atoms with Crippen LogP contribution in [0.2, 0.25) is 0 Å². The zero-order valence-electron chi connectivity index (χ0n) is 14.0. The van der Waals surface area contributed by atoms with Crippen LogP contribution < -0.4 is 5.32 Å². The molecule has 0 radical (unpaired) electrons. The van der Waals surface area contributed by atoms with Gasteiger partial charge in [0.05, 0.1) is 12.1 Å². The number of halogens is 1. The molecule has 3 aromatic rings. The van der Waals surface area contributed by atoms with Gasteiger partial charge >= 0.3 is 0 Å². The second-order valence-corrected chi connectivity index (χ2v) is 7.31. The van der Waals surface area contributed by atoms with Gasteiger partial charge in [-0.1, -0.05) is 27.2 Å². The molecule has 0 unspecified atom stereocenters. The van der Waals surface area contributed by atoms with Crippen molar-refractivity contribution in [3.05, 3.63) is 46.7 Å². The van der Waals surface area contributed by atoms with Crippen LogP contribution in [0.4, 0.5) is 0 Å². The predicted molar refractivity (Wildman–Crippen MR) is 93.6 cm³/mol. The standard InChI is InChI=1S/C16H17BrN6O2/c1-16(2,3)23-9-19-13(21-23)14(24)18-8-12-20-15(25-22-12)10-5-4-6-11(17)7-10/h4-7,9H,8H2,1-3H3,(H,18,24). The number of hydrogen-bond donors (Lipinski definition) is 1. The molecule has 9 heteroatoms. The minimum atomic E-state index is -0.392. The van der Waals surface area contributed by atoms with E-state index in [-0.39, 0.29) is 17.9 Å². The largest absolute Gasteiger partial charge is 0.342 e. The van der Waals surface area contributed by atoms with E-state index in [0.29, 0.717) is 11.7 Å². The molecule has 0 aliphatic rings. The van der Waals surface area contributed by atoms with Crippen molar-refractivity contribution >= 4 is 21.8 Å². The summed E-state index contributed by atoms with van der Waals surface area (Å²) in [6.45, 7) is 6.06. The topological polar surface area (TPSA) is 98.7 Å². The molecule has 2 heterocycles. The highest BCUT2D eigenvalue weighted by molar-refractivity contribution is 9.10. The number of carbonyl (C=O) groups excluding carboxylic acids is 1. The fourth-order valence-corrected chi connectivity index (χ4v) is 2.39. The molecule has 0 fully saturated rings. The van der Waals surface area contributed by atoms with Crippen molar-refractivity contribution in [2.75, 3.05) is 0 Å². The second-order valence-electron chi connectivity index (χ2n) is 6.39. The highest BCUT2D eigenvalue weighted by Crippen LogP contribution is 2.21. The fourth-order valence-electron chi connectivity index (χ4n) is 1.99. The molecule has 130 valence electrons. The fraction of sp³-hybridized carbons (Fsp3) is 0.312. The SMILES string of the molecule is CC(C)(C)n1cnc(C(=O)NCc2noc(-c3cccc(Br)c3)n2)n1. The number of amides is 1. The maximum Gasteiger partial charge on any atom is 0.291 e. The minimum absolute atomic E-state index is 0.102. The zero-order chi connectivity index (χ0) is 18.0. The summed E-state index contributed by atoms with van der Waals surface area (Å²) >= 11 is 3.39. The second kappa shape index (κ2) is 6.75. The summed E-state index contributed by atoms with van der Waals surface area (Å²) in [6, 6.07) is 7.52. The minimum Gasteiger partial charge on any atom is -0.342 e. The molecule has 3 rings (SSSR count). The van der Waals surface area contributed by atoms with Crippen LogP contribution in [-0.2, 0) is 12.1 Å². The van der Waals surface area contributed by atoms with Gasteiger partial charge in [-0.15, -0.1) is 5.10 Å². The Bertz CT molecular complexity index is 896. The van der Waals surface area contributed by atoms with E-state index in [2.05, 4.69) is 41.5 Å². The van der Waals surface area contributed by atoms with Crippen molar-refractivity contribution in [3.8, 4) is 11.5 Å². The Morgan fingerprint density at radius 2 is 2.16 bits per heavy atom. The van der Waals surface area contributed by atoms with E-state index in [1.165, 1.54) is 6.33 Å². The van der Waals surface area contributed by atoms with E-state index in [9.17, 15) is 4.79 Å². The van der Waals surface area contributed by atoms with Gasteiger partial charge in [0.25, 0.3) is 11.8 Å². The van der Waals surface area contributed by atoms with Crippen molar-refractivity contribution in [2.24, 2.45) is 0 Å². The number of rotatable bonds is 4. The summed E-state index contributed by atoms with van der Waals surface area (Å²) in [7, 11) is 0. The Kier molecular flexibility index (Phi) is 4.67. The van der Waals surface area contributed by atoms with Crippen LogP contribution in [0.25, 0.3) is 11.5 Å². The molecule has 1 aromatic carbocycles. The molecule has 1 amide bonds. The van der Waals surface area contributed by atoms with Gasteiger partial charge in [-0.25, -0.2) is 9.67 Å². The molecule has 1 N–H and O–H groups in total. The van der Waals surface area contributed by atoms with Crippen LogP contribution >= 0.6 is 15.9 Å². The summed E-state index contributed by atoms with van der Waals surface area (Å²) in [5.41, 5.74) is 0.558. The zero-order valence-corrected chi connectivity index (χ0v) is 15.6. The summed E-state index contributed by atoms with van der Waals surface area (Å²) < 4.78 is 7.78. The average Bonchev–Trinajstić information content (AvgIpc) is 3.22. The average molecular weight is 405 g/mol. The van der Waals surface area contributed by atoms with E-state index >= 15 is 0 Å². The number of nitrogens with one attached hydrogen (secondary N) is 1. The Balaban J connectivity index is 1.64. The van der Waals surface area contributed by atoms with Crippen molar-refractivity contribution in [1.29, 1.82) is 0 Å². The lowest BCUT2D eigenvalue weighted by atomic mass is 10.1. The quantitative estimate of drug-likeness (QED) is 0.717. The maximum absolute atomic E-state index is 12.1. The number of hydrogen-bond acceptors (Lipinski definition) is 6. The molecule has 0 aliphatic carbocycles. The summed E-state index contributed by atoms with van der Waals surface area (Å²) in [5.74, 6) is 0.474. The summed E-state index contributed by atoms with van der Waals surface area (Å²) in [4.78, 5) is 20.4. The first kappa shape index (κ1) is 17.3. The van der Waals surface area contributed by atoms with Crippen molar-refractivity contribution < 1.29 is 9.32 Å². The van der Waals surface area contributed by atoms with E-state index in [0.717, 1.165) is 10.0 Å². The lowest BCUT2D eigenvalue weighted by Gasteiger charge is -2.17. The lowest BCUT2D eigenvalue weighted by molar-refractivity contribution is 0.0938. The number of aromatic nitrogens is 5. The van der Waals surface area contributed by atoms with Gasteiger partial charge in [-0.05, 0) is 39.0 Å². The molecular weight excluding hydrogens is 388 g/mol. The number of nitrogens with zero attached hydrogens (tertiary/aromatic N) is 5. The molecule has 25 heavy (non-hydrogen) atoms. The van der Waals surface area contributed by atoms with Gasteiger partial charge in [0, 0.05) is 10.0 Å². The first-order chi connectivity index (χ1) is 11.8. The van der Waals surface area contributed by atoms with E-state index < -0.39 is 5.91 Å². The van der Waals surface area contributed by atoms with Crippen molar-refractivity contribution in [1.82, 2.24) is 30.2 Å². The predicted octanol–water partition coefficient (Wildman–Crippen LogP) is 2.78.